The van der Waals surface area contributed by atoms with Crippen molar-refractivity contribution < 1.29 is 4.79 Å². The fourth-order valence-corrected chi connectivity index (χ4v) is 4.84. The van der Waals surface area contributed by atoms with E-state index >= 15 is 0 Å². The quantitative estimate of drug-likeness (QED) is 0.848. The van der Waals surface area contributed by atoms with Gasteiger partial charge in [-0.2, -0.15) is 0 Å². The van der Waals surface area contributed by atoms with Crippen LogP contribution >= 0.6 is 11.3 Å². The highest BCUT2D eigenvalue weighted by atomic mass is 32.1. The Balaban J connectivity index is 1.47. The second-order valence-electron chi connectivity index (χ2n) is 7.15. The molecule has 3 aliphatic carbocycles. The standard InChI is InChI=1S/C17H24N2O2S/c20-15(18-16(11-6-7-11)12-8-9-12)10-19-13-4-2-1-3-5-14(13)22-17(19)21/h11-12,16H,1-10H2,(H,18,20). The average molecular weight is 320 g/mol. The molecule has 3 aliphatic rings. The number of carbonyl (C=O) groups excluding carboxylic acids is 1. The van der Waals surface area contributed by atoms with Crippen LogP contribution in [0, 0.1) is 11.8 Å². The summed E-state index contributed by atoms with van der Waals surface area (Å²) in [6, 6.07) is 0.375. The van der Waals surface area contributed by atoms with Crippen LogP contribution in [0.4, 0.5) is 0 Å². The molecule has 1 amide bonds. The van der Waals surface area contributed by atoms with Gasteiger partial charge in [0.2, 0.25) is 5.91 Å². The first kappa shape index (κ1) is 14.5. The molecule has 4 nitrogen and oxygen atoms in total. The monoisotopic (exact) mass is 320 g/mol. The lowest BCUT2D eigenvalue weighted by Gasteiger charge is -2.18. The average Bonchev–Trinajstić information content (AvgIpc) is 3.39. The fourth-order valence-electron chi connectivity index (χ4n) is 3.77. The normalized spacial score (nSPS) is 21.5. The molecule has 5 heteroatoms. The van der Waals surface area contributed by atoms with Crippen LogP contribution < -0.4 is 10.2 Å². The van der Waals surface area contributed by atoms with E-state index < -0.39 is 0 Å². The summed E-state index contributed by atoms with van der Waals surface area (Å²) in [4.78, 5) is 25.9. The predicted octanol–water partition coefficient (Wildman–Crippen LogP) is 2.48. The van der Waals surface area contributed by atoms with Gasteiger partial charge in [-0.05, 0) is 63.2 Å². The Labute approximate surface area is 134 Å². The van der Waals surface area contributed by atoms with Crippen LogP contribution in [0.1, 0.15) is 55.5 Å². The summed E-state index contributed by atoms with van der Waals surface area (Å²) >= 11 is 1.36. The van der Waals surface area contributed by atoms with Crippen molar-refractivity contribution in [1.82, 2.24) is 9.88 Å². The Bertz CT molecular complexity index is 613. The van der Waals surface area contributed by atoms with Gasteiger partial charge < -0.3 is 5.32 Å². The zero-order valence-corrected chi connectivity index (χ0v) is 13.8. The highest BCUT2D eigenvalue weighted by Crippen LogP contribution is 2.44. The van der Waals surface area contributed by atoms with Crippen LogP contribution in [0.5, 0.6) is 0 Å². The van der Waals surface area contributed by atoms with Gasteiger partial charge >= 0.3 is 4.87 Å². The van der Waals surface area contributed by atoms with Gasteiger partial charge in [-0.25, -0.2) is 0 Å². The van der Waals surface area contributed by atoms with Crippen LogP contribution in [-0.4, -0.2) is 16.5 Å². The first-order valence-corrected chi connectivity index (χ1v) is 9.55. The number of aryl methyl sites for hydroxylation is 1. The molecule has 2 fully saturated rings. The summed E-state index contributed by atoms with van der Waals surface area (Å²) in [7, 11) is 0. The molecule has 4 rings (SSSR count). The highest BCUT2D eigenvalue weighted by molar-refractivity contribution is 7.09. The van der Waals surface area contributed by atoms with Gasteiger partial charge in [0, 0.05) is 16.6 Å². The topological polar surface area (TPSA) is 51.1 Å². The minimum Gasteiger partial charge on any atom is -0.351 e. The second-order valence-corrected chi connectivity index (χ2v) is 8.20. The number of carbonyl (C=O) groups is 1. The largest absolute Gasteiger partial charge is 0.351 e. The molecule has 0 unspecified atom stereocenters. The predicted molar refractivity (Wildman–Crippen MR) is 87.2 cm³/mol. The molecule has 1 aromatic rings. The number of thiazole rings is 1. The maximum Gasteiger partial charge on any atom is 0.308 e. The van der Waals surface area contributed by atoms with Crippen molar-refractivity contribution in [3.05, 3.63) is 20.2 Å². The third-order valence-electron chi connectivity index (χ3n) is 5.29. The molecular formula is C17H24N2O2S. The highest BCUT2D eigenvalue weighted by Gasteiger charge is 2.42. The van der Waals surface area contributed by atoms with Crippen molar-refractivity contribution in [2.75, 3.05) is 0 Å². The number of nitrogens with zero attached hydrogens (tertiary/aromatic N) is 1. The molecule has 0 atom stereocenters. The number of hydrogen-bond donors (Lipinski definition) is 1. The Kier molecular flexibility index (Phi) is 3.84. The lowest BCUT2D eigenvalue weighted by molar-refractivity contribution is -0.122. The van der Waals surface area contributed by atoms with Crippen molar-refractivity contribution in [1.29, 1.82) is 0 Å². The molecule has 1 N–H and O–H groups in total. The molecule has 0 bridgehead atoms. The molecule has 1 aromatic heterocycles. The van der Waals surface area contributed by atoms with Crippen LogP contribution in [0.15, 0.2) is 4.79 Å². The number of hydrogen-bond acceptors (Lipinski definition) is 3. The van der Waals surface area contributed by atoms with Gasteiger partial charge in [-0.3, -0.25) is 14.2 Å². The van der Waals surface area contributed by atoms with Gasteiger partial charge in [-0.15, -0.1) is 0 Å². The third-order valence-corrected chi connectivity index (χ3v) is 6.37. The summed E-state index contributed by atoms with van der Waals surface area (Å²) in [5.74, 6) is 1.44. The minimum atomic E-state index is 0.0377. The van der Waals surface area contributed by atoms with Crippen molar-refractivity contribution in [3.8, 4) is 0 Å². The zero-order valence-electron chi connectivity index (χ0n) is 13.0. The van der Waals surface area contributed by atoms with Crippen LogP contribution in [-0.2, 0) is 24.2 Å². The first-order chi connectivity index (χ1) is 10.7. The van der Waals surface area contributed by atoms with Crippen LogP contribution in [0.2, 0.25) is 0 Å². The second kappa shape index (κ2) is 5.84. The molecule has 0 aliphatic heterocycles. The van der Waals surface area contributed by atoms with Crippen molar-refractivity contribution in [2.45, 2.75) is 70.4 Å². The maximum atomic E-state index is 12.4. The summed E-state index contributed by atoms with van der Waals surface area (Å²) in [5, 5.41) is 3.23. The van der Waals surface area contributed by atoms with Crippen LogP contribution in [0.25, 0.3) is 0 Å². The van der Waals surface area contributed by atoms with Crippen molar-refractivity contribution in [3.63, 3.8) is 0 Å². The van der Waals surface area contributed by atoms with Gasteiger partial charge in [0.25, 0.3) is 0 Å². The molecule has 0 aromatic carbocycles. The maximum absolute atomic E-state index is 12.4. The number of amides is 1. The van der Waals surface area contributed by atoms with E-state index in [0.29, 0.717) is 17.9 Å². The van der Waals surface area contributed by atoms with Gasteiger partial charge in [-0.1, -0.05) is 17.8 Å². The van der Waals surface area contributed by atoms with E-state index in [4.69, 9.17) is 0 Å². The van der Waals surface area contributed by atoms with E-state index in [-0.39, 0.29) is 17.3 Å². The Morgan fingerprint density at radius 1 is 1.14 bits per heavy atom. The van der Waals surface area contributed by atoms with Gasteiger partial charge in [0.15, 0.2) is 0 Å². The number of nitrogens with one attached hydrogen (secondary N) is 1. The number of aromatic nitrogens is 1. The van der Waals surface area contributed by atoms with E-state index in [1.807, 2.05) is 0 Å². The SMILES string of the molecule is O=C(Cn1c2c(sc1=O)CCCCC2)NC(C1CC1)C1CC1. The molecular weight excluding hydrogens is 296 g/mol. The van der Waals surface area contributed by atoms with Crippen molar-refractivity contribution >= 4 is 17.2 Å². The van der Waals surface area contributed by atoms with E-state index in [2.05, 4.69) is 5.32 Å². The fraction of sp³-hybridized carbons (Fsp3) is 0.765. The Morgan fingerprint density at radius 2 is 1.82 bits per heavy atom. The smallest absolute Gasteiger partial charge is 0.308 e. The molecule has 1 heterocycles. The summed E-state index contributed by atoms with van der Waals surface area (Å²) in [6.45, 7) is 0.223. The Hall–Kier alpha value is -1.10. The first-order valence-electron chi connectivity index (χ1n) is 8.73. The van der Waals surface area contributed by atoms with Gasteiger partial charge in [0.05, 0.1) is 0 Å². The number of rotatable bonds is 5. The number of fused-ring (bicyclic) bond motifs is 1. The molecule has 120 valence electrons. The molecule has 0 saturated heterocycles. The summed E-state index contributed by atoms with van der Waals surface area (Å²) in [5.41, 5.74) is 1.14. The van der Waals surface area contributed by atoms with E-state index in [0.717, 1.165) is 25.0 Å². The van der Waals surface area contributed by atoms with E-state index in [1.165, 1.54) is 54.7 Å². The molecule has 0 spiro atoms. The van der Waals surface area contributed by atoms with E-state index in [1.54, 1.807) is 4.57 Å². The van der Waals surface area contributed by atoms with E-state index in [9.17, 15) is 9.59 Å². The van der Waals surface area contributed by atoms with Gasteiger partial charge in [0.1, 0.15) is 6.54 Å². The van der Waals surface area contributed by atoms with Crippen LogP contribution in [0.3, 0.4) is 0 Å². The molecule has 0 radical (unpaired) electrons. The summed E-state index contributed by atoms with van der Waals surface area (Å²) in [6.07, 6.45) is 10.5. The molecule has 22 heavy (non-hydrogen) atoms. The van der Waals surface area contributed by atoms with Crippen molar-refractivity contribution in [2.24, 2.45) is 11.8 Å². The lowest BCUT2D eigenvalue weighted by atomic mass is 10.1. The zero-order chi connectivity index (χ0) is 15.1. The Morgan fingerprint density at radius 3 is 2.50 bits per heavy atom. The lowest BCUT2D eigenvalue weighted by Crippen LogP contribution is -2.41. The summed E-state index contributed by atoms with van der Waals surface area (Å²) < 4.78 is 1.75. The minimum absolute atomic E-state index is 0.0377. The third kappa shape index (κ3) is 3.00. The molecule has 2 saturated carbocycles.